The first kappa shape index (κ1) is 26.5. The molecule has 0 aromatic heterocycles. The molecule has 3 rings (SSSR count). The van der Waals surface area contributed by atoms with Crippen LogP contribution in [0.4, 0.5) is 9.59 Å². The number of piperazine rings is 1. The van der Waals surface area contributed by atoms with Crippen molar-refractivity contribution in [2.24, 2.45) is 0 Å². The number of carbonyl (C=O) groups excluding carboxylic acids is 3. The van der Waals surface area contributed by atoms with Gasteiger partial charge in [-0.15, -0.1) is 0 Å². The van der Waals surface area contributed by atoms with Crippen LogP contribution in [0, 0.1) is 13.8 Å². The third-order valence-corrected chi connectivity index (χ3v) is 6.32. The average Bonchev–Trinajstić information content (AvgIpc) is 2.76. The molecule has 2 heterocycles. The summed E-state index contributed by atoms with van der Waals surface area (Å²) < 4.78 is 5.44. The van der Waals surface area contributed by atoms with E-state index in [1.807, 2.05) is 52.8 Å². The highest BCUT2D eigenvalue weighted by Gasteiger charge is 2.38. The molecule has 2 N–H and O–H groups in total. The van der Waals surface area contributed by atoms with Gasteiger partial charge in [0.25, 0.3) is 0 Å². The molecule has 0 bridgehead atoms. The monoisotopic (exact) mass is 485 g/mol. The number of likely N-dealkylation sites (N-methyl/N-ethyl adjacent to an activating group) is 1. The minimum absolute atomic E-state index is 0.0762. The standard InChI is InChI=1S/C26H39N5O4/c1-8-35-23(32)21-20(16-30-11-13-31(14-12-30)25(34)28-26(4,5)6)29(7)24(33)27-22(21)19-10-9-17(2)15-18(19)3/h9-10,15,22H,8,11-14,16H2,1-7H3,(H,27,33)(H,28,34). The van der Waals surface area contributed by atoms with E-state index in [2.05, 4.69) is 15.5 Å². The van der Waals surface area contributed by atoms with E-state index in [4.69, 9.17) is 4.74 Å². The number of benzene rings is 1. The Bertz CT molecular complexity index is 1010. The summed E-state index contributed by atoms with van der Waals surface area (Å²) in [6, 6.07) is 5.06. The van der Waals surface area contributed by atoms with Gasteiger partial charge in [0, 0.05) is 51.0 Å². The molecule has 4 amide bonds. The van der Waals surface area contributed by atoms with E-state index in [9.17, 15) is 14.4 Å². The van der Waals surface area contributed by atoms with E-state index in [1.165, 1.54) is 4.90 Å². The Kier molecular flexibility index (Phi) is 8.10. The van der Waals surface area contributed by atoms with Gasteiger partial charge in [-0.3, -0.25) is 9.80 Å². The van der Waals surface area contributed by atoms with Crippen molar-refractivity contribution in [3.8, 4) is 0 Å². The van der Waals surface area contributed by atoms with Crippen molar-refractivity contribution in [1.82, 2.24) is 25.3 Å². The molecule has 1 fully saturated rings. The first-order valence-corrected chi connectivity index (χ1v) is 12.2. The lowest BCUT2D eigenvalue weighted by atomic mass is 9.90. The van der Waals surface area contributed by atoms with E-state index < -0.39 is 12.0 Å². The van der Waals surface area contributed by atoms with Crippen LogP contribution < -0.4 is 10.6 Å². The third kappa shape index (κ3) is 6.33. The highest BCUT2D eigenvalue weighted by molar-refractivity contribution is 5.95. The molecule has 0 aliphatic carbocycles. The Morgan fingerprint density at radius 1 is 1.14 bits per heavy atom. The summed E-state index contributed by atoms with van der Waals surface area (Å²) in [5, 5.41) is 6.00. The van der Waals surface area contributed by atoms with Gasteiger partial charge >= 0.3 is 18.0 Å². The summed E-state index contributed by atoms with van der Waals surface area (Å²) in [6.45, 7) is 14.7. The highest BCUT2D eigenvalue weighted by atomic mass is 16.5. The number of urea groups is 2. The second kappa shape index (κ2) is 10.7. The van der Waals surface area contributed by atoms with Crippen LogP contribution in [0.5, 0.6) is 0 Å². The van der Waals surface area contributed by atoms with E-state index in [0.717, 1.165) is 16.7 Å². The van der Waals surface area contributed by atoms with Gasteiger partial charge < -0.3 is 20.3 Å². The molecule has 192 valence electrons. The second-order valence-electron chi connectivity index (χ2n) is 10.3. The lowest BCUT2D eigenvalue weighted by Crippen LogP contribution is -2.56. The summed E-state index contributed by atoms with van der Waals surface area (Å²) in [6.07, 6.45) is 0. The normalized spacial score (nSPS) is 19.5. The SMILES string of the molecule is CCOC(=O)C1=C(CN2CCN(C(=O)NC(C)(C)C)CC2)N(C)C(=O)NC1c1ccc(C)cc1C. The predicted molar refractivity (Wildman–Crippen MR) is 135 cm³/mol. The molecule has 9 heteroatoms. The number of carbonyl (C=O) groups is 3. The van der Waals surface area contributed by atoms with Crippen LogP contribution in [-0.4, -0.2) is 84.6 Å². The molecular weight excluding hydrogens is 446 g/mol. The summed E-state index contributed by atoms with van der Waals surface area (Å²) in [5.41, 5.74) is 3.77. The van der Waals surface area contributed by atoms with Gasteiger partial charge in [0.1, 0.15) is 0 Å². The molecule has 1 unspecified atom stereocenters. The van der Waals surface area contributed by atoms with Gasteiger partial charge in [-0.2, -0.15) is 0 Å². The van der Waals surface area contributed by atoms with Crippen molar-refractivity contribution in [3.05, 3.63) is 46.2 Å². The van der Waals surface area contributed by atoms with Crippen LogP contribution in [0.1, 0.15) is 50.4 Å². The zero-order valence-corrected chi connectivity index (χ0v) is 22.0. The molecule has 35 heavy (non-hydrogen) atoms. The quantitative estimate of drug-likeness (QED) is 0.626. The Morgan fingerprint density at radius 3 is 2.37 bits per heavy atom. The molecule has 1 atom stereocenters. The summed E-state index contributed by atoms with van der Waals surface area (Å²) in [5.74, 6) is -0.428. The van der Waals surface area contributed by atoms with E-state index in [1.54, 1.807) is 18.9 Å². The lowest BCUT2D eigenvalue weighted by molar-refractivity contribution is -0.139. The van der Waals surface area contributed by atoms with Crippen LogP contribution in [0.15, 0.2) is 29.5 Å². The summed E-state index contributed by atoms with van der Waals surface area (Å²) in [4.78, 5) is 44.2. The molecule has 0 radical (unpaired) electrons. The van der Waals surface area contributed by atoms with Crippen LogP contribution in [0.2, 0.25) is 0 Å². The largest absolute Gasteiger partial charge is 0.463 e. The van der Waals surface area contributed by atoms with E-state index in [0.29, 0.717) is 44.0 Å². The summed E-state index contributed by atoms with van der Waals surface area (Å²) >= 11 is 0. The smallest absolute Gasteiger partial charge is 0.338 e. The number of rotatable bonds is 5. The molecule has 1 aromatic carbocycles. The Morgan fingerprint density at radius 2 is 1.80 bits per heavy atom. The second-order valence-corrected chi connectivity index (χ2v) is 10.3. The van der Waals surface area contributed by atoms with Crippen LogP contribution in [0.3, 0.4) is 0 Å². The molecule has 0 saturated carbocycles. The first-order valence-electron chi connectivity index (χ1n) is 12.2. The topological polar surface area (TPSA) is 94.2 Å². The molecule has 0 spiro atoms. The Balaban J connectivity index is 1.88. The van der Waals surface area contributed by atoms with Crippen molar-refractivity contribution in [3.63, 3.8) is 0 Å². The molecule has 2 aliphatic rings. The van der Waals surface area contributed by atoms with E-state index >= 15 is 0 Å². The van der Waals surface area contributed by atoms with Crippen molar-refractivity contribution in [2.45, 2.75) is 53.1 Å². The van der Waals surface area contributed by atoms with Gasteiger partial charge in [-0.25, -0.2) is 14.4 Å². The zero-order valence-electron chi connectivity index (χ0n) is 22.0. The van der Waals surface area contributed by atoms with Gasteiger partial charge in [0.2, 0.25) is 0 Å². The number of hydrogen-bond acceptors (Lipinski definition) is 5. The molecule has 1 aromatic rings. The van der Waals surface area contributed by atoms with Crippen molar-refractivity contribution in [1.29, 1.82) is 0 Å². The van der Waals surface area contributed by atoms with Crippen LogP contribution in [-0.2, 0) is 9.53 Å². The predicted octanol–water partition coefficient (Wildman–Crippen LogP) is 2.94. The number of aryl methyl sites for hydroxylation is 2. The number of hydrogen-bond donors (Lipinski definition) is 2. The maximum absolute atomic E-state index is 13.2. The van der Waals surface area contributed by atoms with Gasteiger partial charge in [-0.1, -0.05) is 23.8 Å². The number of amides is 4. The van der Waals surface area contributed by atoms with Crippen molar-refractivity contribution in [2.75, 3.05) is 46.4 Å². The van der Waals surface area contributed by atoms with Crippen molar-refractivity contribution < 1.29 is 19.1 Å². The summed E-state index contributed by atoms with van der Waals surface area (Å²) in [7, 11) is 1.68. The fourth-order valence-electron chi connectivity index (χ4n) is 4.50. The fourth-order valence-corrected chi connectivity index (χ4v) is 4.50. The minimum atomic E-state index is -0.591. The van der Waals surface area contributed by atoms with Crippen LogP contribution >= 0.6 is 0 Å². The van der Waals surface area contributed by atoms with Gasteiger partial charge in [-0.05, 0) is 52.7 Å². The number of nitrogens with zero attached hydrogens (tertiary/aromatic N) is 3. The fraction of sp³-hybridized carbons (Fsp3) is 0.577. The third-order valence-electron chi connectivity index (χ3n) is 6.32. The minimum Gasteiger partial charge on any atom is -0.463 e. The Hall–Kier alpha value is -3.07. The Labute approximate surface area is 208 Å². The number of esters is 1. The molecule has 9 nitrogen and oxygen atoms in total. The van der Waals surface area contributed by atoms with E-state index in [-0.39, 0.29) is 24.2 Å². The van der Waals surface area contributed by atoms with Gasteiger partial charge in [0.15, 0.2) is 0 Å². The molecular formula is C26H39N5O4. The first-order chi connectivity index (χ1) is 16.4. The zero-order chi connectivity index (χ0) is 25.9. The number of nitrogens with one attached hydrogen (secondary N) is 2. The van der Waals surface area contributed by atoms with Crippen LogP contribution in [0.25, 0.3) is 0 Å². The highest BCUT2D eigenvalue weighted by Crippen LogP contribution is 2.33. The molecule has 1 saturated heterocycles. The molecule has 2 aliphatic heterocycles. The number of ether oxygens (including phenoxy) is 1. The maximum Gasteiger partial charge on any atom is 0.338 e. The average molecular weight is 486 g/mol. The van der Waals surface area contributed by atoms with Gasteiger partial charge in [0.05, 0.1) is 18.2 Å². The van der Waals surface area contributed by atoms with Crippen molar-refractivity contribution >= 4 is 18.0 Å². The lowest BCUT2D eigenvalue weighted by Gasteiger charge is -2.40. The maximum atomic E-state index is 13.2.